The van der Waals surface area contributed by atoms with Gasteiger partial charge >= 0.3 is 0 Å². The lowest BCUT2D eigenvalue weighted by atomic mass is 10.1. The maximum atomic E-state index is 12.0. The zero-order valence-corrected chi connectivity index (χ0v) is 12.7. The van der Waals surface area contributed by atoms with Gasteiger partial charge in [0.15, 0.2) is 0 Å². The number of nitrogens with one attached hydrogen (secondary N) is 2. The molecule has 0 spiro atoms. The summed E-state index contributed by atoms with van der Waals surface area (Å²) in [6.45, 7) is 2.80. The van der Waals surface area contributed by atoms with Crippen molar-refractivity contribution in [3.8, 4) is 0 Å². The van der Waals surface area contributed by atoms with E-state index in [2.05, 4.69) is 17.6 Å². The predicted octanol–water partition coefficient (Wildman–Crippen LogP) is 3.35. The standard InChI is InChI=1S/C17H24N2O2/c1-2-3-12-18-16(20)14-8-10-15(11-9-14)19-17(21)13-6-4-5-7-13/h8-11,13H,2-7,12H2,1H3,(H,18,20)(H,19,21). The summed E-state index contributed by atoms with van der Waals surface area (Å²) in [6, 6.07) is 7.10. The van der Waals surface area contributed by atoms with E-state index in [9.17, 15) is 9.59 Å². The third-order valence-corrected chi connectivity index (χ3v) is 3.96. The van der Waals surface area contributed by atoms with Gasteiger partial charge in [0.25, 0.3) is 5.91 Å². The molecule has 0 aromatic heterocycles. The molecule has 0 aliphatic heterocycles. The average molecular weight is 288 g/mol. The van der Waals surface area contributed by atoms with Crippen LogP contribution in [0.5, 0.6) is 0 Å². The van der Waals surface area contributed by atoms with Crippen LogP contribution in [0, 0.1) is 5.92 Å². The van der Waals surface area contributed by atoms with E-state index >= 15 is 0 Å². The molecule has 1 saturated carbocycles. The van der Waals surface area contributed by atoms with Crippen molar-refractivity contribution in [2.24, 2.45) is 5.92 Å². The molecule has 0 radical (unpaired) electrons. The van der Waals surface area contributed by atoms with Crippen LogP contribution in [0.1, 0.15) is 55.8 Å². The van der Waals surface area contributed by atoms with E-state index in [0.717, 1.165) is 44.2 Å². The van der Waals surface area contributed by atoms with Crippen molar-refractivity contribution in [3.05, 3.63) is 29.8 Å². The lowest BCUT2D eigenvalue weighted by molar-refractivity contribution is -0.119. The maximum Gasteiger partial charge on any atom is 0.251 e. The monoisotopic (exact) mass is 288 g/mol. The van der Waals surface area contributed by atoms with Crippen molar-refractivity contribution in [3.63, 3.8) is 0 Å². The Labute approximate surface area is 126 Å². The second-order valence-corrected chi connectivity index (χ2v) is 5.66. The zero-order valence-electron chi connectivity index (χ0n) is 12.7. The summed E-state index contributed by atoms with van der Waals surface area (Å²) in [4.78, 5) is 23.9. The van der Waals surface area contributed by atoms with Gasteiger partial charge in [0.1, 0.15) is 0 Å². The molecule has 0 atom stereocenters. The molecule has 0 unspecified atom stereocenters. The Balaban J connectivity index is 1.86. The Morgan fingerprint density at radius 2 is 1.81 bits per heavy atom. The number of amides is 2. The first-order valence-electron chi connectivity index (χ1n) is 7.90. The Kier molecular flexibility index (Phi) is 5.78. The first-order chi connectivity index (χ1) is 10.2. The number of benzene rings is 1. The average Bonchev–Trinajstić information content (AvgIpc) is 3.02. The molecule has 4 heteroatoms. The van der Waals surface area contributed by atoms with Crippen molar-refractivity contribution >= 4 is 17.5 Å². The summed E-state index contributed by atoms with van der Waals surface area (Å²) in [5.74, 6) is 0.201. The van der Waals surface area contributed by atoms with Crippen LogP contribution in [0.15, 0.2) is 24.3 Å². The summed E-state index contributed by atoms with van der Waals surface area (Å²) in [7, 11) is 0. The summed E-state index contributed by atoms with van der Waals surface area (Å²) in [5, 5.41) is 5.81. The molecule has 0 bridgehead atoms. The van der Waals surface area contributed by atoms with Crippen LogP contribution in [0.25, 0.3) is 0 Å². The van der Waals surface area contributed by atoms with E-state index in [-0.39, 0.29) is 17.7 Å². The molecular weight excluding hydrogens is 264 g/mol. The summed E-state index contributed by atoms with van der Waals surface area (Å²) in [5.41, 5.74) is 1.39. The third-order valence-electron chi connectivity index (χ3n) is 3.96. The molecule has 114 valence electrons. The van der Waals surface area contributed by atoms with Crippen LogP contribution in [0.3, 0.4) is 0 Å². The van der Waals surface area contributed by atoms with E-state index in [0.29, 0.717) is 12.1 Å². The molecule has 1 aliphatic carbocycles. The minimum Gasteiger partial charge on any atom is -0.352 e. The number of unbranched alkanes of at least 4 members (excludes halogenated alkanes) is 1. The summed E-state index contributed by atoms with van der Waals surface area (Å²) >= 11 is 0. The highest BCUT2D eigenvalue weighted by atomic mass is 16.2. The third kappa shape index (κ3) is 4.59. The lowest BCUT2D eigenvalue weighted by Gasteiger charge is -2.11. The van der Waals surface area contributed by atoms with Gasteiger partial charge < -0.3 is 10.6 Å². The quantitative estimate of drug-likeness (QED) is 0.789. The second-order valence-electron chi connectivity index (χ2n) is 5.66. The zero-order chi connectivity index (χ0) is 15.1. The minimum absolute atomic E-state index is 0.0582. The van der Waals surface area contributed by atoms with E-state index in [1.54, 1.807) is 24.3 Å². The van der Waals surface area contributed by atoms with Gasteiger partial charge in [-0.1, -0.05) is 26.2 Å². The SMILES string of the molecule is CCCCNC(=O)c1ccc(NC(=O)C2CCCC2)cc1. The fourth-order valence-corrected chi connectivity index (χ4v) is 2.62. The van der Waals surface area contributed by atoms with Crippen LogP contribution >= 0.6 is 0 Å². The van der Waals surface area contributed by atoms with E-state index in [1.807, 2.05) is 0 Å². The minimum atomic E-state index is -0.0582. The van der Waals surface area contributed by atoms with Gasteiger partial charge in [0.2, 0.25) is 5.91 Å². The number of hydrogen-bond donors (Lipinski definition) is 2. The van der Waals surface area contributed by atoms with Gasteiger partial charge in [-0.05, 0) is 43.5 Å². The van der Waals surface area contributed by atoms with Gasteiger partial charge in [-0.2, -0.15) is 0 Å². The molecule has 1 aliphatic rings. The highest BCUT2D eigenvalue weighted by molar-refractivity contribution is 5.96. The Hall–Kier alpha value is -1.84. The van der Waals surface area contributed by atoms with Crippen LogP contribution in [0.2, 0.25) is 0 Å². The molecule has 1 aromatic rings. The lowest BCUT2D eigenvalue weighted by Crippen LogP contribution is -2.24. The molecule has 4 nitrogen and oxygen atoms in total. The first kappa shape index (κ1) is 15.5. The predicted molar refractivity (Wildman–Crippen MR) is 84.3 cm³/mol. The van der Waals surface area contributed by atoms with Crippen molar-refractivity contribution < 1.29 is 9.59 Å². The van der Waals surface area contributed by atoms with Crippen LogP contribution in [-0.2, 0) is 4.79 Å². The number of carbonyl (C=O) groups excluding carboxylic acids is 2. The smallest absolute Gasteiger partial charge is 0.251 e. The fraction of sp³-hybridized carbons (Fsp3) is 0.529. The van der Waals surface area contributed by atoms with Crippen molar-refractivity contribution in [2.45, 2.75) is 45.4 Å². The number of rotatable bonds is 6. The highest BCUT2D eigenvalue weighted by Gasteiger charge is 2.22. The molecule has 1 aromatic carbocycles. The molecule has 0 saturated heterocycles. The maximum absolute atomic E-state index is 12.0. The number of hydrogen-bond acceptors (Lipinski definition) is 2. The van der Waals surface area contributed by atoms with Crippen molar-refractivity contribution in [2.75, 3.05) is 11.9 Å². The normalized spacial score (nSPS) is 14.9. The van der Waals surface area contributed by atoms with Gasteiger partial charge in [-0.15, -0.1) is 0 Å². The van der Waals surface area contributed by atoms with Crippen molar-refractivity contribution in [1.82, 2.24) is 5.32 Å². The second kappa shape index (κ2) is 7.81. The van der Waals surface area contributed by atoms with Gasteiger partial charge in [-0.25, -0.2) is 0 Å². The molecule has 2 amide bonds. The topological polar surface area (TPSA) is 58.2 Å². The van der Waals surface area contributed by atoms with Gasteiger partial charge in [0, 0.05) is 23.7 Å². The fourth-order valence-electron chi connectivity index (χ4n) is 2.62. The molecule has 1 fully saturated rings. The van der Waals surface area contributed by atoms with Crippen LogP contribution in [0.4, 0.5) is 5.69 Å². The van der Waals surface area contributed by atoms with Crippen LogP contribution in [-0.4, -0.2) is 18.4 Å². The van der Waals surface area contributed by atoms with Gasteiger partial charge in [-0.3, -0.25) is 9.59 Å². The molecule has 2 N–H and O–H groups in total. The Bertz CT molecular complexity index is 476. The Morgan fingerprint density at radius 1 is 1.14 bits per heavy atom. The van der Waals surface area contributed by atoms with Crippen molar-refractivity contribution in [1.29, 1.82) is 0 Å². The number of anilines is 1. The van der Waals surface area contributed by atoms with Gasteiger partial charge in [0.05, 0.1) is 0 Å². The van der Waals surface area contributed by atoms with E-state index in [4.69, 9.17) is 0 Å². The summed E-state index contributed by atoms with van der Waals surface area (Å²) in [6.07, 6.45) is 6.32. The first-order valence-corrected chi connectivity index (χ1v) is 7.90. The Morgan fingerprint density at radius 3 is 2.43 bits per heavy atom. The number of carbonyl (C=O) groups is 2. The van der Waals surface area contributed by atoms with E-state index < -0.39 is 0 Å². The largest absolute Gasteiger partial charge is 0.352 e. The molecule has 21 heavy (non-hydrogen) atoms. The molecule has 2 rings (SSSR count). The summed E-state index contributed by atoms with van der Waals surface area (Å²) < 4.78 is 0. The molecule has 0 heterocycles. The van der Waals surface area contributed by atoms with Crippen LogP contribution < -0.4 is 10.6 Å². The van der Waals surface area contributed by atoms with E-state index in [1.165, 1.54) is 0 Å². The molecular formula is C17H24N2O2. The highest BCUT2D eigenvalue weighted by Crippen LogP contribution is 2.26.